The standard InChI is InChI=1S/C29H35ClN4O2/c1-29(12-13-29)28(36)32-18-20-8-10-23(30)22(14-20)16-26-33-24-15-21(9-11-25(24)34(26)2)27(35)31-17-19-6-4-3-5-7-19/h8-11,14-15,19H,3-7,12-13,16-18H2,1-2H3,(H,31,35)(H,32,36). The summed E-state index contributed by atoms with van der Waals surface area (Å²) < 4.78 is 2.05. The van der Waals surface area contributed by atoms with Crippen molar-refractivity contribution in [3.63, 3.8) is 0 Å². The summed E-state index contributed by atoms with van der Waals surface area (Å²) in [5.74, 6) is 1.55. The molecule has 0 bridgehead atoms. The number of carbonyl (C=O) groups excluding carboxylic acids is 2. The molecule has 0 unspecified atom stereocenters. The Morgan fingerprint density at radius 3 is 2.61 bits per heavy atom. The minimum Gasteiger partial charge on any atom is -0.352 e. The fourth-order valence-corrected chi connectivity index (χ4v) is 5.32. The smallest absolute Gasteiger partial charge is 0.251 e. The number of amides is 2. The van der Waals surface area contributed by atoms with Crippen LogP contribution in [0.3, 0.4) is 0 Å². The van der Waals surface area contributed by atoms with Gasteiger partial charge in [0.1, 0.15) is 5.82 Å². The van der Waals surface area contributed by atoms with E-state index in [2.05, 4.69) is 15.2 Å². The summed E-state index contributed by atoms with van der Waals surface area (Å²) in [7, 11) is 1.99. The summed E-state index contributed by atoms with van der Waals surface area (Å²) in [5.41, 5.74) is 4.21. The highest BCUT2D eigenvalue weighted by Crippen LogP contribution is 2.45. The number of hydrogen-bond acceptors (Lipinski definition) is 3. The van der Waals surface area contributed by atoms with Gasteiger partial charge in [-0.3, -0.25) is 9.59 Å². The Kier molecular flexibility index (Phi) is 7.07. The van der Waals surface area contributed by atoms with Crippen molar-refractivity contribution in [2.45, 2.75) is 64.8 Å². The van der Waals surface area contributed by atoms with Gasteiger partial charge < -0.3 is 15.2 Å². The van der Waals surface area contributed by atoms with Gasteiger partial charge in [-0.05, 0) is 67.0 Å². The van der Waals surface area contributed by atoms with Crippen molar-refractivity contribution < 1.29 is 9.59 Å². The second kappa shape index (κ2) is 10.3. The van der Waals surface area contributed by atoms with E-state index in [9.17, 15) is 9.59 Å². The van der Waals surface area contributed by atoms with Crippen LogP contribution in [0.1, 0.15) is 79.2 Å². The van der Waals surface area contributed by atoms with Gasteiger partial charge in [0.2, 0.25) is 5.91 Å². The molecule has 190 valence electrons. The molecule has 2 aromatic carbocycles. The third-order valence-electron chi connectivity index (χ3n) is 7.97. The Balaban J connectivity index is 1.27. The van der Waals surface area contributed by atoms with Crippen molar-refractivity contribution in [2.24, 2.45) is 18.4 Å². The molecule has 2 aliphatic rings. The molecule has 3 aromatic rings. The van der Waals surface area contributed by atoms with E-state index in [0.29, 0.717) is 29.5 Å². The molecule has 2 amide bonds. The van der Waals surface area contributed by atoms with E-state index in [4.69, 9.17) is 16.6 Å². The van der Waals surface area contributed by atoms with Gasteiger partial charge >= 0.3 is 0 Å². The molecule has 2 saturated carbocycles. The number of aryl methyl sites for hydroxylation is 1. The SMILES string of the molecule is Cn1c(Cc2cc(CNC(=O)C3(C)CC3)ccc2Cl)nc2cc(C(=O)NCC3CCCCC3)ccc21. The topological polar surface area (TPSA) is 76.0 Å². The van der Waals surface area contributed by atoms with E-state index in [1.54, 1.807) is 0 Å². The molecule has 1 heterocycles. The number of fused-ring (bicyclic) bond motifs is 1. The van der Waals surface area contributed by atoms with Crippen LogP contribution in [-0.4, -0.2) is 27.9 Å². The van der Waals surface area contributed by atoms with E-state index in [1.165, 1.54) is 32.1 Å². The van der Waals surface area contributed by atoms with Crippen LogP contribution in [0.4, 0.5) is 0 Å². The van der Waals surface area contributed by atoms with E-state index in [-0.39, 0.29) is 17.2 Å². The van der Waals surface area contributed by atoms with Gasteiger partial charge in [0.05, 0.1) is 11.0 Å². The molecule has 0 spiro atoms. The summed E-state index contributed by atoms with van der Waals surface area (Å²) in [6, 6.07) is 11.6. The number of imidazole rings is 1. The highest BCUT2D eigenvalue weighted by Gasteiger charge is 2.44. The number of hydrogen-bond donors (Lipinski definition) is 2. The molecule has 36 heavy (non-hydrogen) atoms. The van der Waals surface area contributed by atoms with Gasteiger partial charge in [-0.2, -0.15) is 0 Å². The maximum absolute atomic E-state index is 12.8. The van der Waals surface area contributed by atoms with Gasteiger partial charge in [-0.1, -0.05) is 49.9 Å². The molecule has 7 heteroatoms. The van der Waals surface area contributed by atoms with Crippen LogP contribution in [0.15, 0.2) is 36.4 Å². The zero-order chi connectivity index (χ0) is 25.3. The van der Waals surface area contributed by atoms with Crippen LogP contribution in [0, 0.1) is 11.3 Å². The quantitative estimate of drug-likeness (QED) is 0.421. The summed E-state index contributed by atoms with van der Waals surface area (Å²) >= 11 is 6.53. The highest BCUT2D eigenvalue weighted by molar-refractivity contribution is 6.31. The lowest BCUT2D eigenvalue weighted by atomic mass is 9.89. The normalized spacial score (nSPS) is 17.2. The molecule has 2 aliphatic carbocycles. The van der Waals surface area contributed by atoms with Crippen molar-refractivity contribution >= 4 is 34.4 Å². The van der Waals surface area contributed by atoms with E-state index in [0.717, 1.165) is 47.4 Å². The van der Waals surface area contributed by atoms with Crippen molar-refractivity contribution in [3.05, 3.63) is 63.9 Å². The van der Waals surface area contributed by atoms with Gasteiger partial charge in [-0.25, -0.2) is 4.98 Å². The predicted molar refractivity (Wildman–Crippen MR) is 143 cm³/mol. The summed E-state index contributed by atoms with van der Waals surface area (Å²) in [6.45, 7) is 3.24. The largest absolute Gasteiger partial charge is 0.352 e. The lowest BCUT2D eigenvalue weighted by Gasteiger charge is -2.21. The number of aromatic nitrogens is 2. The average molecular weight is 507 g/mol. The zero-order valence-electron chi connectivity index (χ0n) is 21.2. The summed E-state index contributed by atoms with van der Waals surface area (Å²) in [6.07, 6.45) is 8.75. The number of halogens is 1. The highest BCUT2D eigenvalue weighted by atomic mass is 35.5. The summed E-state index contributed by atoms with van der Waals surface area (Å²) in [4.78, 5) is 29.9. The third-order valence-corrected chi connectivity index (χ3v) is 8.34. The first kappa shape index (κ1) is 24.8. The molecular weight excluding hydrogens is 472 g/mol. The van der Waals surface area contributed by atoms with Crippen LogP contribution in [0.2, 0.25) is 5.02 Å². The molecule has 6 nitrogen and oxygen atoms in total. The molecule has 5 rings (SSSR count). The predicted octanol–water partition coefficient (Wildman–Crippen LogP) is 5.54. The van der Waals surface area contributed by atoms with Crippen LogP contribution in [-0.2, 0) is 24.8 Å². The number of benzene rings is 2. The fraction of sp³-hybridized carbons (Fsp3) is 0.483. The second-order valence-electron chi connectivity index (χ2n) is 10.9. The maximum atomic E-state index is 12.8. The minimum absolute atomic E-state index is 0.0347. The van der Waals surface area contributed by atoms with E-state index in [1.807, 2.05) is 50.4 Å². The Morgan fingerprint density at radius 1 is 1.08 bits per heavy atom. The first-order valence-electron chi connectivity index (χ1n) is 13.1. The second-order valence-corrected chi connectivity index (χ2v) is 11.3. The lowest BCUT2D eigenvalue weighted by molar-refractivity contribution is -0.125. The molecule has 0 aliphatic heterocycles. The molecule has 2 fully saturated rings. The van der Waals surface area contributed by atoms with Crippen LogP contribution < -0.4 is 10.6 Å². The third kappa shape index (κ3) is 5.44. The molecule has 1 aromatic heterocycles. The number of nitrogens with one attached hydrogen (secondary N) is 2. The van der Waals surface area contributed by atoms with Crippen LogP contribution in [0.5, 0.6) is 0 Å². The number of nitrogens with zero attached hydrogens (tertiary/aromatic N) is 2. The number of carbonyl (C=O) groups is 2. The zero-order valence-corrected chi connectivity index (χ0v) is 22.0. The van der Waals surface area contributed by atoms with Crippen LogP contribution >= 0.6 is 11.6 Å². The molecule has 0 atom stereocenters. The van der Waals surface area contributed by atoms with Gasteiger partial charge in [0.15, 0.2) is 0 Å². The first-order valence-corrected chi connectivity index (χ1v) is 13.5. The summed E-state index contributed by atoms with van der Waals surface area (Å²) in [5, 5.41) is 6.85. The molecule has 2 N–H and O–H groups in total. The van der Waals surface area contributed by atoms with Gasteiger partial charge in [0, 0.05) is 42.6 Å². The Morgan fingerprint density at radius 2 is 1.86 bits per heavy atom. The first-order chi connectivity index (χ1) is 17.3. The Hall–Kier alpha value is -2.86. The van der Waals surface area contributed by atoms with E-state index >= 15 is 0 Å². The monoisotopic (exact) mass is 506 g/mol. The van der Waals surface area contributed by atoms with Crippen molar-refractivity contribution in [3.8, 4) is 0 Å². The molecule has 0 radical (unpaired) electrons. The minimum atomic E-state index is -0.187. The Bertz CT molecular complexity index is 1290. The molecule has 0 saturated heterocycles. The fourth-order valence-electron chi connectivity index (χ4n) is 5.13. The van der Waals surface area contributed by atoms with Gasteiger partial charge in [0.25, 0.3) is 5.91 Å². The van der Waals surface area contributed by atoms with E-state index < -0.39 is 0 Å². The number of rotatable bonds is 8. The average Bonchev–Trinajstić information content (AvgIpc) is 3.58. The van der Waals surface area contributed by atoms with Gasteiger partial charge in [-0.15, -0.1) is 0 Å². The van der Waals surface area contributed by atoms with Crippen molar-refractivity contribution in [2.75, 3.05) is 6.54 Å². The maximum Gasteiger partial charge on any atom is 0.251 e. The Labute approximate surface area is 217 Å². The van der Waals surface area contributed by atoms with Crippen molar-refractivity contribution in [1.29, 1.82) is 0 Å². The van der Waals surface area contributed by atoms with Crippen LogP contribution in [0.25, 0.3) is 11.0 Å². The molecular formula is C29H35ClN4O2. The van der Waals surface area contributed by atoms with Crippen molar-refractivity contribution in [1.82, 2.24) is 20.2 Å². The lowest BCUT2D eigenvalue weighted by Crippen LogP contribution is -2.30.